The highest BCUT2D eigenvalue weighted by molar-refractivity contribution is 6.86. The van der Waals surface area contributed by atoms with Crippen LogP contribution in [0.15, 0.2) is 0 Å². The maximum atomic E-state index is 13.7. The number of carbonyl (C=O) groups excluding carboxylic acids is 2. The first kappa shape index (κ1) is 37.1. The normalized spacial score (nSPS) is 36.0. The first-order valence-electron chi connectivity index (χ1n) is 17.9. The molecule has 0 aliphatic heterocycles. The van der Waals surface area contributed by atoms with E-state index < -0.39 is 52.2 Å². The van der Waals surface area contributed by atoms with Crippen LogP contribution in [0, 0.1) is 29.6 Å². The van der Waals surface area contributed by atoms with Crippen molar-refractivity contribution in [3.05, 3.63) is 0 Å². The summed E-state index contributed by atoms with van der Waals surface area (Å²) >= 11 is 0. The van der Waals surface area contributed by atoms with Gasteiger partial charge in [-0.2, -0.15) is 0 Å². The SMILES string of the molecule is CNC(=O)C1CCC([Si](C)(C)O[Si](C)(C)C2CCC(C(=O)O)C(C(=O)NC3CCC(OC4CCC(C)CC4)CC3)C2)CC1C(=O)O. The summed E-state index contributed by atoms with van der Waals surface area (Å²) in [5.41, 5.74) is 0.238. The molecule has 6 unspecified atom stereocenters. The zero-order valence-electron chi connectivity index (χ0n) is 29.0. The molecule has 4 aliphatic carbocycles. The summed E-state index contributed by atoms with van der Waals surface area (Å²) in [6.45, 7) is 11.0. The van der Waals surface area contributed by atoms with Crippen LogP contribution >= 0.6 is 0 Å². The zero-order chi connectivity index (χ0) is 33.8. The van der Waals surface area contributed by atoms with Crippen molar-refractivity contribution in [3.8, 4) is 0 Å². The molecule has 0 aromatic rings. The van der Waals surface area contributed by atoms with Crippen LogP contribution in [0.2, 0.25) is 37.3 Å². The molecule has 0 aromatic heterocycles. The Morgan fingerprint density at radius 1 is 0.609 bits per heavy atom. The van der Waals surface area contributed by atoms with Crippen molar-refractivity contribution in [2.45, 2.75) is 152 Å². The molecule has 0 spiro atoms. The number of amides is 2. The van der Waals surface area contributed by atoms with Gasteiger partial charge in [0.25, 0.3) is 0 Å². The van der Waals surface area contributed by atoms with E-state index in [1.165, 1.54) is 12.8 Å². The van der Waals surface area contributed by atoms with E-state index in [0.29, 0.717) is 38.2 Å². The highest BCUT2D eigenvalue weighted by Gasteiger charge is 2.51. The van der Waals surface area contributed by atoms with Gasteiger partial charge in [0.2, 0.25) is 11.8 Å². The number of ether oxygens (including phenoxy) is 1. The number of rotatable bonds is 11. The lowest BCUT2D eigenvalue weighted by molar-refractivity contribution is -0.149. The third-order valence-corrected chi connectivity index (χ3v) is 21.3. The van der Waals surface area contributed by atoms with Crippen LogP contribution in [0.1, 0.15) is 96.8 Å². The summed E-state index contributed by atoms with van der Waals surface area (Å²) < 4.78 is 13.5. The summed E-state index contributed by atoms with van der Waals surface area (Å²) in [5, 5.41) is 25.9. The molecule has 4 aliphatic rings. The van der Waals surface area contributed by atoms with Crippen LogP contribution in [0.25, 0.3) is 0 Å². The smallest absolute Gasteiger partial charge is 0.307 e. The van der Waals surface area contributed by atoms with Crippen molar-refractivity contribution in [1.82, 2.24) is 10.6 Å². The molecule has 6 atom stereocenters. The third kappa shape index (κ3) is 9.22. The molecule has 0 radical (unpaired) electrons. The molecule has 4 fully saturated rings. The van der Waals surface area contributed by atoms with Crippen LogP contribution in [0.5, 0.6) is 0 Å². The monoisotopic (exact) mass is 680 g/mol. The summed E-state index contributed by atoms with van der Waals surface area (Å²) in [6.07, 6.45) is 12.3. The van der Waals surface area contributed by atoms with Gasteiger partial charge < -0.3 is 29.7 Å². The van der Waals surface area contributed by atoms with Crippen molar-refractivity contribution < 1.29 is 38.2 Å². The second-order valence-electron chi connectivity index (χ2n) is 16.0. The Balaban J connectivity index is 1.34. The van der Waals surface area contributed by atoms with Gasteiger partial charge in [0.05, 0.1) is 35.9 Å². The lowest BCUT2D eigenvalue weighted by Gasteiger charge is -2.47. The van der Waals surface area contributed by atoms with E-state index in [2.05, 4.69) is 43.7 Å². The van der Waals surface area contributed by atoms with Crippen molar-refractivity contribution >= 4 is 40.4 Å². The van der Waals surface area contributed by atoms with E-state index in [4.69, 9.17) is 8.85 Å². The van der Waals surface area contributed by atoms with Gasteiger partial charge >= 0.3 is 11.9 Å². The first-order chi connectivity index (χ1) is 21.6. The van der Waals surface area contributed by atoms with Crippen molar-refractivity contribution in [1.29, 1.82) is 0 Å². The molecule has 262 valence electrons. The average molecular weight is 681 g/mol. The molecular weight excluding hydrogens is 621 g/mol. The van der Waals surface area contributed by atoms with Gasteiger partial charge in [0.15, 0.2) is 16.6 Å². The van der Waals surface area contributed by atoms with Gasteiger partial charge in [-0.15, -0.1) is 0 Å². The predicted molar refractivity (Wildman–Crippen MR) is 181 cm³/mol. The van der Waals surface area contributed by atoms with Crippen molar-refractivity contribution in [2.24, 2.45) is 29.6 Å². The van der Waals surface area contributed by atoms with Gasteiger partial charge in [-0.3, -0.25) is 19.2 Å². The average Bonchev–Trinajstić information content (AvgIpc) is 3.01. The fourth-order valence-corrected chi connectivity index (χ4v) is 19.2. The molecule has 0 aromatic carbocycles. The minimum Gasteiger partial charge on any atom is -0.481 e. The van der Waals surface area contributed by atoms with Crippen LogP contribution in [-0.4, -0.2) is 75.9 Å². The summed E-state index contributed by atoms with van der Waals surface area (Å²) in [4.78, 5) is 50.5. The van der Waals surface area contributed by atoms with Gasteiger partial charge in [0.1, 0.15) is 0 Å². The lowest BCUT2D eigenvalue weighted by Crippen LogP contribution is -2.54. The largest absolute Gasteiger partial charge is 0.481 e. The van der Waals surface area contributed by atoms with Crippen LogP contribution in [-0.2, 0) is 28.0 Å². The Morgan fingerprint density at radius 3 is 1.59 bits per heavy atom. The number of hydrogen-bond acceptors (Lipinski definition) is 6. The maximum absolute atomic E-state index is 13.7. The second kappa shape index (κ2) is 15.6. The van der Waals surface area contributed by atoms with Crippen LogP contribution in [0.4, 0.5) is 0 Å². The predicted octanol–water partition coefficient (Wildman–Crippen LogP) is 5.92. The lowest BCUT2D eigenvalue weighted by atomic mass is 9.78. The van der Waals surface area contributed by atoms with E-state index in [9.17, 15) is 29.4 Å². The number of carboxylic acids is 2. The first-order valence-corrected chi connectivity index (χ1v) is 23.9. The van der Waals surface area contributed by atoms with E-state index in [0.717, 1.165) is 50.9 Å². The van der Waals surface area contributed by atoms with Gasteiger partial charge in [0, 0.05) is 13.1 Å². The highest BCUT2D eigenvalue weighted by atomic mass is 28.4. The number of carbonyl (C=O) groups is 4. The van der Waals surface area contributed by atoms with E-state index >= 15 is 0 Å². The summed E-state index contributed by atoms with van der Waals surface area (Å²) in [5.74, 6) is -3.93. The number of nitrogens with one attached hydrogen (secondary N) is 2. The number of aliphatic carboxylic acids is 2. The Kier molecular flexibility index (Phi) is 12.6. The Bertz CT molecular complexity index is 1090. The van der Waals surface area contributed by atoms with E-state index in [1.54, 1.807) is 7.05 Å². The number of hydrogen-bond donors (Lipinski definition) is 4. The molecule has 2 amide bonds. The van der Waals surface area contributed by atoms with Gasteiger partial charge in [-0.1, -0.05) is 6.92 Å². The maximum Gasteiger partial charge on any atom is 0.307 e. The molecule has 10 nitrogen and oxygen atoms in total. The van der Waals surface area contributed by atoms with E-state index in [-0.39, 0.29) is 35.0 Å². The molecule has 4 saturated carbocycles. The topological polar surface area (TPSA) is 151 Å². The number of carboxylic acid groups (broad SMARTS) is 2. The Hall–Kier alpha value is -1.77. The standard InChI is InChI=1S/C34H60N2O8Si2/c1-21-7-11-23(12-8-21)43-24-13-9-22(10-14-24)36-32(38)29-19-25(16-18-28(29)33(39)40)45(3,4)44-46(5,6)26-15-17-27(31(37)35-2)30(20-26)34(41)42/h21-30H,7-20H2,1-6H3,(H,35,37)(H,36,38)(H,39,40)(H,41,42). The quantitative estimate of drug-likeness (QED) is 0.196. The summed E-state index contributed by atoms with van der Waals surface area (Å²) in [7, 11) is -3.26. The molecule has 0 saturated heterocycles. The van der Waals surface area contributed by atoms with Gasteiger partial charge in [-0.05, 0) is 133 Å². The molecule has 4 rings (SSSR count). The molecule has 46 heavy (non-hydrogen) atoms. The van der Waals surface area contributed by atoms with Crippen LogP contribution < -0.4 is 10.6 Å². The Morgan fingerprint density at radius 2 is 1.09 bits per heavy atom. The molecular formula is C34H60N2O8Si2. The second-order valence-corrected chi connectivity index (χ2v) is 24.9. The Labute approximate surface area is 277 Å². The minimum atomic E-state index is -2.41. The van der Waals surface area contributed by atoms with Crippen molar-refractivity contribution in [2.75, 3.05) is 7.05 Å². The summed E-state index contributed by atoms with van der Waals surface area (Å²) in [6, 6.07) is 0.0495. The fourth-order valence-electron chi connectivity index (χ4n) is 9.10. The molecule has 12 heteroatoms. The van der Waals surface area contributed by atoms with E-state index in [1.807, 2.05) is 0 Å². The zero-order valence-corrected chi connectivity index (χ0v) is 31.0. The van der Waals surface area contributed by atoms with Gasteiger partial charge in [-0.25, -0.2) is 0 Å². The molecule has 0 bridgehead atoms. The van der Waals surface area contributed by atoms with Crippen LogP contribution in [0.3, 0.4) is 0 Å². The highest BCUT2D eigenvalue weighted by Crippen LogP contribution is 2.48. The molecule has 4 N–H and O–H groups in total. The minimum absolute atomic E-state index is 0.0495. The van der Waals surface area contributed by atoms with Crippen molar-refractivity contribution in [3.63, 3.8) is 0 Å². The molecule has 0 heterocycles. The fraction of sp³-hybridized carbons (Fsp3) is 0.882. The third-order valence-electron chi connectivity index (χ3n) is 12.1.